The molecule has 6 heteroatoms. The van der Waals surface area contributed by atoms with Crippen molar-refractivity contribution in [3.8, 4) is 0 Å². The molecule has 2 rings (SSSR count). The van der Waals surface area contributed by atoms with Crippen molar-refractivity contribution in [2.75, 3.05) is 32.1 Å². The third kappa shape index (κ3) is 2.75. The average molecular weight is 277 g/mol. The maximum absolute atomic E-state index is 11.2. The molecule has 1 aliphatic heterocycles. The molecule has 0 radical (unpaired) electrons. The van der Waals surface area contributed by atoms with E-state index in [1.165, 1.54) is 6.20 Å². The molecule has 1 fully saturated rings. The van der Waals surface area contributed by atoms with Crippen molar-refractivity contribution in [2.24, 2.45) is 11.7 Å². The Hall–Kier alpha value is -1.69. The largest absolute Gasteiger partial charge is 0.364 e. The number of primary amides is 1. The van der Waals surface area contributed by atoms with Crippen molar-refractivity contribution in [1.29, 1.82) is 0 Å². The summed E-state index contributed by atoms with van der Waals surface area (Å²) in [4.78, 5) is 23.9. The molecular weight excluding hydrogens is 254 g/mol. The number of carbonyl (C=O) groups is 1. The van der Waals surface area contributed by atoms with E-state index < -0.39 is 5.91 Å². The van der Waals surface area contributed by atoms with E-state index in [2.05, 4.69) is 35.8 Å². The van der Waals surface area contributed by atoms with E-state index in [1.54, 1.807) is 6.20 Å². The number of hydrogen-bond donors (Lipinski definition) is 1. The fourth-order valence-corrected chi connectivity index (χ4v) is 2.70. The van der Waals surface area contributed by atoms with Crippen molar-refractivity contribution in [3.05, 3.63) is 18.1 Å². The van der Waals surface area contributed by atoms with Crippen LogP contribution in [0.25, 0.3) is 0 Å². The van der Waals surface area contributed by atoms with Gasteiger partial charge < -0.3 is 15.5 Å². The highest BCUT2D eigenvalue weighted by Crippen LogP contribution is 2.33. The number of nitrogens with two attached hydrogens (primary N) is 1. The summed E-state index contributed by atoms with van der Waals surface area (Å²) in [6.07, 6.45) is 4.22. The quantitative estimate of drug-likeness (QED) is 0.878. The van der Waals surface area contributed by atoms with Crippen LogP contribution in [0.3, 0.4) is 0 Å². The second-order valence-corrected chi connectivity index (χ2v) is 6.07. The van der Waals surface area contributed by atoms with Gasteiger partial charge in [-0.05, 0) is 39.8 Å². The first-order valence-electron chi connectivity index (χ1n) is 6.86. The number of nitrogens with zero attached hydrogens (tertiary/aromatic N) is 4. The van der Waals surface area contributed by atoms with Crippen LogP contribution < -0.4 is 10.6 Å². The Labute approximate surface area is 120 Å². The lowest BCUT2D eigenvalue weighted by Gasteiger charge is -2.35. The van der Waals surface area contributed by atoms with E-state index in [0.717, 1.165) is 19.5 Å². The van der Waals surface area contributed by atoms with Gasteiger partial charge in [-0.15, -0.1) is 0 Å². The minimum atomic E-state index is -0.548. The lowest BCUT2D eigenvalue weighted by atomic mass is 9.88. The highest BCUT2D eigenvalue weighted by Gasteiger charge is 2.39. The van der Waals surface area contributed by atoms with Crippen LogP contribution in [0.2, 0.25) is 0 Å². The number of anilines is 1. The van der Waals surface area contributed by atoms with Gasteiger partial charge in [0.1, 0.15) is 11.5 Å². The molecule has 0 bridgehead atoms. The molecule has 0 aromatic carbocycles. The Morgan fingerprint density at radius 3 is 2.80 bits per heavy atom. The smallest absolute Gasteiger partial charge is 0.268 e. The summed E-state index contributed by atoms with van der Waals surface area (Å²) in [7, 11) is 4.14. The molecule has 1 aliphatic rings. The molecule has 0 aliphatic carbocycles. The van der Waals surface area contributed by atoms with Crippen molar-refractivity contribution in [3.63, 3.8) is 0 Å². The normalized spacial score (nSPS) is 21.9. The monoisotopic (exact) mass is 277 g/mol. The zero-order valence-corrected chi connectivity index (χ0v) is 12.6. The predicted molar refractivity (Wildman–Crippen MR) is 78.6 cm³/mol. The molecule has 1 aromatic rings. The van der Waals surface area contributed by atoms with Gasteiger partial charge in [0.25, 0.3) is 5.91 Å². The second kappa shape index (κ2) is 5.36. The molecule has 1 aromatic heterocycles. The summed E-state index contributed by atoms with van der Waals surface area (Å²) < 4.78 is 0. The van der Waals surface area contributed by atoms with Crippen molar-refractivity contribution < 1.29 is 4.79 Å². The standard InChI is InChI=1S/C14H23N5O/c1-14(2)10(5-6-19(14)4)9-18(3)12-8-16-7-11(17-12)13(15)20/h7-8,10H,5-6,9H2,1-4H3,(H2,15,20)/t10-/m1/s1. The van der Waals surface area contributed by atoms with Crippen LogP contribution in [0.1, 0.15) is 30.8 Å². The van der Waals surface area contributed by atoms with E-state index in [0.29, 0.717) is 11.7 Å². The molecule has 0 unspecified atom stereocenters. The van der Waals surface area contributed by atoms with Crippen LogP contribution in [0, 0.1) is 5.92 Å². The summed E-state index contributed by atoms with van der Waals surface area (Å²) in [6, 6.07) is 0. The molecule has 0 saturated carbocycles. The van der Waals surface area contributed by atoms with Gasteiger partial charge in [0.15, 0.2) is 0 Å². The minimum absolute atomic E-state index is 0.170. The third-order valence-corrected chi connectivity index (χ3v) is 4.56. The Balaban J connectivity index is 2.11. The minimum Gasteiger partial charge on any atom is -0.364 e. The predicted octanol–water partition coefficient (Wildman–Crippen LogP) is 0.742. The lowest BCUT2D eigenvalue weighted by Crippen LogP contribution is -2.43. The molecule has 6 nitrogen and oxygen atoms in total. The molecular formula is C14H23N5O. The van der Waals surface area contributed by atoms with Gasteiger partial charge in [0, 0.05) is 19.1 Å². The number of likely N-dealkylation sites (tertiary alicyclic amines) is 1. The van der Waals surface area contributed by atoms with E-state index in [4.69, 9.17) is 5.73 Å². The fraction of sp³-hybridized carbons (Fsp3) is 0.643. The van der Waals surface area contributed by atoms with Gasteiger partial charge in [-0.25, -0.2) is 4.98 Å². The Morgan fingerprint density at radius 2 is 2.25 bits per heavy atom. The Kier molecular flexibility index (Phi) is 3.94. The lowest BCUT2D eigenvalue weighted by molar-refractivity contribution is 0.0995. The number of hydrogen-bond acceptors (Lipinski definition) is 5. The van der Waals surface area contributed by atoms with E-state index in [9.17, 15) is 4.79 Å². The van der Waals surface area contributed by atoms with Gasteiger partial charge in [0.2, 0.25) is 0 Å². The van der Waals surface area contributed by atoms with Crippen molar-refractivity contribution >= 4 is 11.7 Å². The maximum atomic E-state index is 11.2. The van der Waals surface area contributed by atoms with Crippen LogP contribution in [-0.2, 0) is 0 Å². The Morgan fingerprint density at radius 1 is 1.55 bits per heavy atom. The van der Waals surface area contributed by atoms with Gasteiger partial charge in [0.05, 0.1) is 12.4 Å². The molecule has 1 amide bonds. The van der Waals surface area contributed by atoms with Crippen LogP contribution in [-0.4, -0.2) is 53.5 Å². The zero-order chi connectivity index (χ0) is 14.9. The maximum Gasteiger partial charge on any atom is 0.268 e. The van der Waals surface area contributed by atoms with Crippen molar-refractivity contribution in [2.45, 2.75) is 25.8 Å². The first kappa shape index (κ1) is 14.7. The first-order chi connectivity index (χ1) is 9.32. The molecule has 20 heavy (non-hydrogen) atoms. The highest BCUT2D eigenvalue weighted by molar-refractivity contribution is 5.90. The highest BCUT2D eigenvalue weighted by atomic mass is 16.1. The van der Waals surface area contributed by atoms with E-state index >= 15 is 0 Å². The summed E-state index contributed by atoms with van der Waals surface area (Å²) in [5, 5.41) is 0. The summed E-state index contributed by atoms with van der Waals surface area (Å²) in [5.41, 5.74) is 5.62. The van der Waals surface area contributed by atoms with Crippen LogP contribution in [0.5, 0.6) is 0 Å². The average Bonchev–Trinajstić information content (AvgIpc) is 2.65. The molecule has 0 spiro atoms. The molecule has 1 saturated heterocycles. The number of aromatic nitrogens is 2. The first-order valence-corrected chi connectivity index (χ1v) is 6.86. The summed E-state index contributed by atoms with van der Waals surface area (Å²) in [5.74, 6) is 0.692. The van der Waals surface area contributed by atoms with Crippen LogP contribution in [0.15, 0.2) is 12.4 Å². The number of carbonyl (C=O) groups excluding carboxylic acids is 1. The van der Waals surface area contributed by atoms with Crippen LogP contribution >= 0.6 is 0 Å². The van der Waals surface area contributed by atoms with E-state index in [-0.39, 0.29) is 11.2 Å². The van der Waals surface area contributed by atoms with Crippen LogP contribution in [0.4, 0.5) is 5.82 Å². The van der Waals surface area contributed by atoms with Crippen molar-refractivity contribution in [1.82, 2.24) is 14.9 Å². The second-order valence-electron chi connectivity index (χ2n) is 6.07. The number of rotatable bonds is 4. The molecule has 110 valence electrons. The zero-order valence-electron chi connectivity index (χ0n) is 12.6. The van der Waals surface area contributed by atoms with Gasteiger partial charge in [-0.3, -0.25) is 9.78 Å². The summed E-state index contributed by atoms with van der Waals surface area (Å²) >= 11 is 0. The molecule has 1 atom stereocenters. The summed E-state index contributed by atoms with van der Waals surface area (Å²) in [6.45, 7) is 6.53. The topological polar surface area (TPSA) is 75.3 Å². The van der Waals surface area contributed by atoms with Gasteiger partial charge in [-0.2, -0.15) is 0 Å². The van der Waals surface area contributed by atoms with E-state index in [1.807, 2.05) is 11.9 Å². The number of amides is 1. The van der Waals surface area contributed by atoms with Gasteiger partial charge >= 0.3 is 0 Å². The third-order valence-electron chi connectivity index (χ3n) is 4.56. The molecule has 2 heterocycles. The Bertz CT molecular complexity index is 502. The van der Waals surface area contributed by atoms with Gasteiger partial charge in [-0.1, -0.05) is 0 Å². The molecule has 2 N–H and O–H groups in total. The fourth-order valence-electron chi connectivity index (χ4n) is 2.70. The SMILES string of the molecule is CN(C[C@H]1CCN(C)C1(C)C)c1cncc(C(N)=O)n1.